The number of carbonyl (C=O) groups excluding carboxylic acids is 1. The maximum absolute atomic E-state index is 13.2. The topological polar surface area (TPSA) is 90.2 Å². The number of pyridine rings is 2. The second kappa shape index (κ2) is 7.98. The molecule has 0 saturated carbocycles. The molecule has 0 bridgehead atoms. The lowest BCUT2D eigenvalue weighted by atomic mass is 10.1. The molecule has 1 unspecified atom stereocenters. The van der Waals surface area contributed by atoms with E-state index >= 15 is 0 Å². The quantitative estimate of drug-likeness (QED) is 0.675. The van der Waals surface area contributed by atoms with E-state index in [2.05, 4.69) is 15.2 Å². The summed E-state index contributed by atoms with van der Waals surface area (Å²) in [7, 11) is 0. The van der Waals surface area contributed by atoms with Crippen LogP contribution in [0, 0.1) is 6.92 Å². The minimum atomic E-state index is -0.279. The molecular weight excluding hydrogens is 370 g/mol. The summed E-state index contributed by atoms with van der Waals surface area (Å²) in [6, 6.07) is 7.04. The minimum absolute atomic E-state index is 0.171. The molecule has 1 saturated heterocycles. The summed E-state index contributed by atoms with van der Waals surface area (Å²) in [5, 5.41) is 8.22. The van der Waals surface area contributed by atoms with Crippen molar-refractivity contribution in [1.29, 1.82) is 0 Å². The Morgan fingerprint density at radius 2 is 2.17 bits per heavy atom. The van der Waals surface area contributed by atoms with E-state index in [0.717, 1.165) is 18.5 Å². The Hall–Kier alpha value is -3.29. The molecule has 29 heavy (non-hydrogen) atoms. The highest BCUT2D eigenvalue weighted by molar-refractivity contribution is 5.97. The van der Waals surface area contributed by atoms with Crippen molar-refractivity contribution in [3.8, 4) is 5.88 Å². The zero-order valence-corrected chi connectivity index (χ0v) is 16.5. The number of piperidine rings is 1. The summed E-state index contributed by atoms with van der Waals surface area (Å²) in [5.41, 5.74) is 1.33. The lowest BCUT2D eigenvalue weighted by Gasteiger charge is -2.32. The standard InChI is InChI=1S/C21H23N5O3/c1-3-25-13-17(19(27)16-9-8-14(2)23-20(16)25)21(28)26-11-5-6-15(12-26)29-18-7-4-10-22-24-18/h4,7-10,13,15H,3,5-6,11-12H2,1-2H3. The maximum Gasteiger partial charge on any atom is 0.259 e. The van der Waals surface area contributed by atoms with Gasteiger partial charge in [0, 0.05) is 37.2 Å². The van der Waals surface area contributed by atoms with Crippen LogP contribution in [0.5, 0.6) is 5.88 Å². The molecule has 8 heteroatoms. The SMILES string of the molecule is CCn1cc(C(=O)N2CCCC(Oc3cccnn3)C2)c(=O)c2ccc(C)nc21. The molecule has 0 spiro atoms. The first-order valence-corrected chi connectivity index (χ1v) is 9.81. The third-order valence-electron chi connectivity index (χ3n) is 5.13. The molecule has 1 fully saturated rings. The van der Waals surface area contributed by atoms with Gasteiger partial charge in [0.05, 0.1) is 11.9 Å². The van der Waals surface area contributed by atoms with Gasteiger partial charge in [0.15, 0.2) is 0 Å². The Morgan fingerprint density at radius 1 is 1.31 bits per heavy atom. The number of amides is 1. The average molecular weight is 393 g/mol. The smallest absolute Gasteiger partial charge is 0.259 e. The molecule has 3 aromatic rings. The summed E-state index contributed by atoms with van der Waals surface area (Å²) in [5.74, 6) is 0.166. The maximum atomic E-state index is 13.2. The second-order valence-electron chi connectivity index (χ2n) is 7.18. The van der Waals surface area contributed by atoms with E-state index in [0.29, 0.717) is 36.5 Å². The van der Waals surface area contributed by atoms with Crippen LogP contribution in [0.15, 0.2) is 41.5 Å². The lowest BCUT2D eigenvalue weighted by Crippen LogP contribution is -2.45. The molecule has 4 heterocycles. The molecule has 0 aromatic carbocycles. The number of ether oxygens (including phenoxy) is 1. The van der Waals surface area contributed by atoms with Crippen LogP contribution in [0.25, 0.3) is 11.0 Å². The molecule has 0 radical (unpaired) electrons. The summed E-state index contributed by atoms with van der Waals surface area (Å²) in [6.07, 6.45) is 4.65. The van der Waals surface area contributed by atoms with Crippen molar-refractivity contribution in [3.63, 3.8) is 0 Å². The summed E-state index contributed by atoms with van der Waals surface area (Å²) in [4.78, 5) is 32.4. The molecule has 0 aliphatic carbocycles. The zero-order valence-electron chi connectivity index (χ0n) is 16.5. The van der Waals surface area contributed by atoms with Crippen LogP contribution in [0.3, 0.4) is 0 Å². The number of hydrogen-bond donors (Lipinski definition) is 0. The first kappa shape index (κ1) is 19.0. The average Bonchev–Trinajstić information content (AvgIpc) is 2.74. The first-order chi connectivity index (χ1) is 14.1. The number of aryl methyl sites for hydroxylation is 2. The van der Waals surface area contributed by atoms with Crippen LogP contribution in [-0.4, -0.2) is 49.7 Å². The van der Waals surface area contributed by atoms with Crippen LogP contribution in [-0.2, 0) is 6.54 Å². The van der Waals surface area contributed by atoms with Gasteiger partial charge in [-0.25, -0.2) is 4.98 Å². The minimum Gasteiger partial charge on any atom is -0.471 e. The normalized spacial score (nSPS) is 16.8. The summed E-state index contributed by atoms with van der Waals surface area (Å²) >= 11 is 0. The molecule has 150 valence electrons. The van der Waals surface area contributed by atoms with E-state index in [1.54, 1.807) is 41.6 Å². The van der Waals surface area contributed by atoms with Crippen molar-refractivity contribution in [2.75, 3.05) is 13.1 Å². The molecule has 3 aromatic heterocycles. The van der Waals surface area contributed by atoms with Gasteiger partial charge in [0.25, 0.3) is 5.91 Å². The van der Waals surface area contributed by atoms with Gasteiger partial charge in [-0.1, -0.05) is 0 Å². The fraction of sp³-hybridized carbons (Fsp3) is 0.381. The first-order valence-electron chi connectivity index (χ1n) is 9.81. The number of fused-ring (bicyclic) bond motifs is 1. The Kier molecular flexibility index (Phi) is 5.24. The van der Waals surface area contributed by atoms with Crippen LogP contribution in [0.4, 0.5) is 0 Å². The number of rotatable bonds is 4. The van der Waals surface area contributed by atoms with Gasteiger partial charge < -0.3 is 14.2 Å². The van der Waals surface area contributed by atoms with Crippen molar-refractivity contribution in [1.82, 2.24) is 24.6 Å². The highest BCUT2D eigenvalue weighted by Crippen LogP contribution is 2.18. The summed E-state index contributed by atoms with van der Waals surface area (Å²) in [6.45, 7) is 5.47. The molecule has 1 amide bonds. The predicted molar refractivity (Wildman–Crippen MR) is 108 cm³/mol. The predicted octanol–water partition coefficient (Wildman–Crippen LogP) is 2.20. The number of hydrogen-bond acceptors (Lipinski definition) is 6. The molecule has 4 rings (SSSR count). The van der Waals surface area contributed by atoms with Gasteiger partial charge in [-0.2, -0.15) is 5.10 Å². The van der Waals surface area contributed by atoms with E-state index < -0.39 is 0 Å². The molecular formula is C21H23N5O3. The Morgan fingerprint density at radius 3 is 2.93 bits per heavy atom. The van der Waals surface area contributed by atoms with Crippen LogP contribution in [0.1, 0.15) is 35.8 Å². The number of aromatic nitrogens is 4. The van der Waals surface area contributed by atoms with Crippen molar-refractivity contribution in [2.24, 2.45) is 0 Å². The van der Waals surface area contributed by atoms with E-state index in [4.69, 9.17) is 4.74 Å². The molecule has 1 atom stereocenters. The highest BCUT2D eigenvalue weighted by Gasteiger charge is 2.28. The van der Waals surface area contributed by atoms with Gasteiger partial charge in [-0.3, -0.25) is 9.59 Å². The summed E-state index contributed by atoms with van der Waals surface area (Å²) < 4.78 is 7.72. The van der Waals surface area contributed by atoms with E-state index in [-0.39, 0.29) is 23.0 Å². The van der Waals surface area contributed by atoms with Gasteiger partial charge in [-0.15, -0.1) is 5.10 Å². The number of nitrogens with zero attached hydrogens (tertiary/aromatic N) is 5. The van der Waals surface area contributed by atoms with Crippen molar-refractivity contribution in [3.05, 3.63) is 58.1 Å². The van der Waals surface area contributed by atoms with Gasteiger partial charge in [0.2, 0.25) is 11.3 Å². The van der Waals surface area contributed by atoms with Crippen molar-refractivity contribution < 1.29 is 9.53 Å². The van der Waals surface area contributed by atoms with Gasteiger partial charge in [0.1, 0.15) is 17.3 Å². The molecule has 8 nitrogen and oxygen atoms in total. The van der Waals surface area contributed by atoms with Gasteiger partial charge in [-0.05, 0) is 44.9 Å². The third kappa shape index (κ3) is 3.83. The fourth-order valence-electron chi connectivity index (χ4n) is 3.66. The molecule has 1 aliphatic heterocycles. The van der Waals surface area contributed by atoms with E-state index in [1.807, 2.05) is 18.4 Å². The fourth-order valence-corrected chi connectivity index (χ4v) is 3.66. The highest BCUT2D eigenvalue weighted by atomic mass is 16.5. The zero-order chi connectivity index (χ0) is 20.4. The van der Waals surface area contributed by atoms with Crippen molar-refractivity contribution in [2.45, 2.75) is 39.3 Å². The molecule has 1 aliphatic rings. The number of carbonyl (C=O) groups is 1. The third-order valence-corrected chi connectivity index (χ3v) is 5.13. The monoisotopic (exact) mass is 393 g/mol. The largest absolute Gasteiger partial charge is 0.471 e. The van der Waals surface area contributed by atoms with E-state index in [1.165, 1.54) is 0 Å². The molecule has 0 N–H and O–H groups in total. The van der Waals surface area contributed by atoms with Crippen molar-refractivity contribution >= 4 is 16.9 Å². The Bertz CT molecular complexity index is 1100. The van der Waals surface area contributed by atoms with Gasteiger partial charge >= 0.3 is 0 Å². The second-order valence-corrected chi connectivity index (χ2v) is 7.18. The lowest BCUT2D eigenvalue weighted by molar-refractivity contribution is 0.0524. The van der Waals surface area contributed by atoms with Crippen LogP contribution < -0.4 is 10.2 Å². The Labute approximate surface area is 168 Å². The van der Waals surface area contributed by atoms with Crippen LogP contribution in [0.2, 0.25) is 0 Å². The Balaban J connectivity index is 1.62. The van der Waals surface area contributed by atoms with E-state index in [9.17, 15) is 9.59 Å². The number of likely N-dealkylation sites (tertiary alicyclic amines) is 1. The van der Waals surface area contributed by atoms with Crippen LogP contribution >= 0.6 is 0 Å².